The van der Waals surface area contributed by atoms with Crippen molar-refractivity contribution in [2.75, 3.05) is 47.1 Å². The number of ether oxygens (including phenoxy) is 3. The number of carbonyl (C=O) groups excluding carboxylic acids is 2. The number of nitrogens with one attached hydrogen (secondary N) is 3. The van der Waals surface area contributed by atoms with Gasteiger partial charge in [0.05, 0.1) is 13.7 Å². The highest BCUT2D eigenvalue weighted by molar-refractivity contribution is 5.95. The Labute approximate surface area is 240 Å². The van der Waals surface area contributed by atoms with Gasteiger partial charge in [-0.25, -0.2) is 4.79 Å². The van der Waals surface area contributed by atoms with Crippen LogP contribution >= 0.6 is 0 Å². The van der Waals surface area contributed by atoms with Gasteiger partial charge in [-0.15, -0.1) is 0 Å². The molecule has 9 heteroatoms. The third-order valence-corrected chi connectivity index (χ3v) is 8.70. The zero-order valence-corrected chi connectivity index (χ0v) is 24.9. The Bertz CT molecular complexity index is 963. The number of amides is 3. The molecule has 4 rings (SSSR count). The number of hydrogen-bond acceptors (Lipinski definition) is 6. The van der Waals surface area contributed by atoms with E-state index in [1.54, 1.807) is 26.4 Å². The van der Waals surface area contributed by atoms with Crippen LogP contribution in [0.5, 0.6) is 11.5 Å². The van der Waals surface area contributed by atoms with E-state index in [1.165, 1.54) is 19.3 Å². The van der Waals surface area contributed by atoms with Crippen LogP contribution < -0.4 is 25.4 Å². The average Bonchev–Trinajstić information content (AvgIpc) is 3.70. The molecule has 0 bridgehead atoms. The van der Waals surface area contributed by atoms with Crippen LogP contribution in [0.2, 0.25) is 0 Å². The Hall–Kier alpha value is -2.52. The molecule has 40 heavy (non-hydrogen) atoms. The number of urea groups is 1. The summed E-state index contributed by atoms with van der Waals surface area (Å²) in [6, 6.07) is 5.82. The van der Waals surface area contributed by atoms with Crippen LogP contribution in [0.4, 0.5) is 4.79 Å². The fourth-order valence-electron chi connectivity index (χ4n) is 6.28. The van der Waals surface area contributed by atoms with E-state index in [-0.39, 0.29) is 35.9 Å². The smallest absolute Gasteiger partial charge is 0.315 e. The molecule has 3 N–H and O–H groups in total. The van der Waals surface area contributed by atoms with E-state index in [9.17, 15) is 9.59 Å². The molecule has 3 fully saturated rings. The minimum absolute atomic E-state index is 0.0176. The molecule has 224 valence electrons. The van der Waals surface area contributed by atoms with Crippen molar-refractivity contribution >= 4 is 11.9 Å². The average molecular weight is 559 g/mol. The molecule has 1 aliphatic heterocycles. The lowest BCUT2D eigenvalue weighted by Gasteiger charge is -2.35. The van der Waals surface area contributed by atoms with Crippen molar-refractivity contribution in [3.63, 3.8) is 0 Å². The normalized spacial score (nSPS) is 22.1. The van der Waals surface area contributed by atoms with Gasteiger partial charge in [0.25, 0.3) is 5.91 Å². The fraction of sp³-hybridized carbons (Fsp3) is 0.742. The Balaban J connectivity index is 1.42. The molecule has 2 aliphatic carbocycles. The van der Waals surface area contributed by atoms with Crippen molar-refractivity contribution in [1.82, 2.24) is 20.9 Å². The monoisotopic (exact) mass is 558 g/mol. The molecule has 1 heterocycles. The predicted octanol–water partition coefficient (Wildman–Crippen LogP) is 4.21. The Kier molecular flexibility index (Phi) is 11.4. The van der Waals surface area contributed by atoms with E-state index in [0.717, 1.165) is 45.2 Å². The molecule has 0 aromatic heterocycles. The number of benzene rings is 1. The summed E-state index contributed by atoms with van der Waals surface area (Å²) in [5, 5.41) is 10.2. The van der Waals surface area contributed by atoms with E-state index < -0.39 is 0 Å². The van der Waals surface area contributed by atoms with Gasteiger partial charge >= 0.3 is 6.03 Å². The summed E-state index contributed by atoms with van der Waals surface area (Å²) in [4.78, 5) is 28.8. The third kappa shape index (κ3) is 8.26. The maximum atomic E-state index is 13.8. The molecule has 1 unspecified atom stereocenters. The Morgan fingerprint density at radius 1 is 1.02 bits per heavy atom. The van der Waals surface area contributed by atoms with Gasteiger partial charge in [-0.05, 0) is 75.5 Å². The quantitative estimate of drug-likeness (QED) is 0.296. The van der Waals surface area contributed by atoms with Crippen molar-refractivity contribution in [3.8, 4) is 11.5 Å². The molecular weight excluding hydrogens is 508 g/mol. The molecular formula is C31H50N4O5. The van der Waals surface area contributed by atoms with Crippen molar-refractivity contribution in [2.24, 2.45) is 17.8 Å². The Morgan fingerprint density at radius 3 is 2.48 bits per heavy atom. The summed E-state index contributed by atoms with van der Waals surface area (Å²) < 4.78 is 16.5. The predicted molar refractivity (Wildman–Crippen MR) is 156 cm³/mol. The van der Waals surface area contributed by atoms with Crippen molar-refractivity contribution < 1.29 is 23.8 Å². The summed E-state index contributed by atoms with van der Waals surface area (Å²) in [5.41, 5.74) is 0.586. The van der Waals surface area contributed by atoms with E-state index in [1.807, 2.05) is 11.0 Å². The van der Waals surface area contributed by atoms with Crippen LogP contribution in [0.15, 0.2) is 18.2 Å². The van der Waals surface area contributed by atoms with Crippen LogP contribution in [-0.4, -0.2) is 82.0 Å². The zero-order valence-electron chi connectivity index (χ0n) is 24.9. The van der Waals surface area contributed by atoms with Gasteiger partial charge in [0.2, 0.25) is 0 Å². The molecule has 0 radical (unpaired) electrons. The van der Waals surface area contributed by atoms with E-state index in [0.29, 0.717) is 48.8 Å². The lowest BCUT2D eigenvalue weighted by molar-refractivity contribution is 0.0650. The van der Waals surface area contributed by atoms with Crippen molar-refractivity contribution in [1.29, 1.82) is 0 Å². The van der Waals surface area contributed by atoms with Crippen LogP contribution in [-0.2, 0) is 4.74 Å². The summed E-state index contributed by atoms with van der Waals surface area (Å²) in [7, 11) is 3.27. The summed E-state index contributed by atoms with van der Waals surface area (Å²) in [6.45, 7) is 7.56. The van der Waals surface area contributed by atoms with Gasteiger partial charge in [-0.2, -0.15) is 0 Å². The highest BCUT2D eigenvalue weighted by Crippen LogP contribution is 2.39. The molecule has 1 aromatic carbocycles. The van der Waals surface area contributed by atoms with Gasteiger partial charge in [0.15, 0.2) is 11.5 Å². The zero-order chi connectivity index (χ0) is 28.5. The summed E-state index contributed by atoms with van der Waals surface area (Å²) in [5.74, 6) is 2.22. The number of methoxy groups -OCH3 is 2. The van der Waals surface area contributed by atoms with Crippen molar-refractivity contribution in [3.05, 3.63) is 23.8 Å². The van der Waals surface area contributed by atoms with Crippen molar-refractivity contribution in [2.45, 2.75) is 83.3 Å². The second kappa shape index (κ2) is 14.9. The van der Waals surface area contributed by atoms with Crippen LogP contribution in [0.3, 0.4) is 0 Å². The maximum Gasteiger partial charge on any atom is 0.315 e. The minimum Gasteiger partial charge on any atom is -0.493 e. The maximum absolute atomic E-state index is 13.8. The first kappa shape index (κ1) is 30.4. The number of rotatable bonds is 14. The summed E-state index contributed by atoms with van der Waals surface area (Å²) >= 11 is 0. The lowest BCUT2D eigenvalue weighted by Crippen LogP contribution is -2.52. The van der Waals surface area contributed by atoms with Gasteiger partial charge in [0, 0.05) is 63.5 Å². The second-order valence-electron chi connectivity index (χ2n) is 12.0. The molecule has 3 atom stereocenters. The summed E-state index contributed by atoms with van der Waals surface area (Å²) in [6.07, 6.45) is 8.87. The number of nitrogens with zero attached hydrogens (tertiary/aromatic N) is 1. The van der Waals surface area contributed by atoms with E-state index in [2.05, 4.69) is 29.8 Å². The first-order valence-electron chi connectivity index (χ1n) is 15.3. The van der Waals surface area contributed by atoms with Gasteiger partial charge in [-0.1, -0.05) is 19.3 Å². The topological polar surface area (TPSA) is 101 Å². The van der Waals surface area contributed by atoms with Gasteiger partial charge in [0.1, 0.15) is 0 Å². The standard InChI is InChI=1S/C31H50N4O5/c1-21(2)35(30(36)23-13-14-27(39-4)28(17-23)40-16-8-15-38-3)20-24-18-32-19-26(24)29(22-11-12-22)34-31(37)33-25-9-6-5-7-10-25/h13-14,17,21-22,24-26,29,32H,5-12,15-16,18-20H2,1-4H3,(H2,33,34,37)/t24-,26+,29?/m0/s1. The highest BCUT2D eigenvalue weighted by atomic mass is 16.5. The SMILES string of the molecule is COCCCOc1cc(C(=O)N(C[C@@H]2CNC[C@H]2C(NC(=O)NC2CCCCC2)C2CC2)C(C)C)ccc1OC. The molecule has 3 aliphatic rings. The molecule has 3 amide bonds. The second-order valence-corrected chi connectivity index (χ2v) is 12.0. The molecule has 9 nitrogen and oxygen atoms in total. The molecule has 0 spiro atoms. The first-order valence-corrected chi connectivity index (χ1v) is 15.3. The van der Waals surface area contributed by atoms with Gasteiger partial charge < -0.3 is 35.1 Å². The van der Waals surface area contributed by atoms with Crippen LogP contribution in [0, 0.1) is 17.8 Å². The van der Waals surface area contributed by atoms with E-state index in [4.69, 9.17) is 14.2 Å². The van der Waals surface area contributed by atoms with Gasteiger partial charge in [-0.3, -0.25) is 4.79 Å². The first-order chi connectivity index (χ1) is 19.4. The number of hydrogen-bond donors (Lipinski definition) is 3. The fourth-order valence-corrected chi connectivity index (χ4v) is 6.28. The Morgan fingerprint density at radius 2 is 1.80 bits per heavy atom. The molecule has 1 saturated heterocycles. The highest BCUT2D eigenvalue weighted by Gasteiger charge is 2.44. The van der Waals surface area contributed by atoms with Crippen LogP contribution in [0.25, 0.3) is 0 Å². The number of carbonyl (C=O) groups is 2. The lowest BCUT2D eigenvalue weighted by atomic mass is 9.85. The van der Waals surface area contributed by atoms with Crippen LogP contribution in [0.1, 0.15) is 75.6 Å². The minimum atomic E-state index is -0.0255. The molecule has 1 aromatic rings. The largest absolute Gasteiger partial charge is 0.493 e. The van der Waals surface area contributed by atoms with E-state index >= 15 is 0 Å². The molecule has 2 saturated carbocycles. The third-order valence-electron chi connectivity index (χ3n) is 8.70.